The van der Waals surface area contributed by atoms with Crippen molar-refractivity contribution in [2.75, 3.05) is 24.2 Å². The molecule has 7 nitrogen and oxygen atoms in total. The van der Waals surface area contributed by atoms with Gasteiger partial charge in [0.2, 0.25) is 5.91 Å². The van der Waals surface area contributed by atoms with Gasteiger partial charge in [-0.15, -0.1) is 10.2 Å². The van der Waals surface area contributed by atoms with E-state index in [9.17, 15) is 4.79 Å². The summed E-state index contributed by atoms with van der Waals surface area (Å²) in [6, 6.07) is 18.2. The van der Waals surface area contributed by atoms with E-state index in [2.05, 4.69) is 52.5 Å². The third-order valence-corrected chi connectivity index (χ3v) is 6.57. The second kappa shape index (κ2) is 11.0. The van der Waals surface area contributed by atoms with Crippen molar-refractivity contribution in [1.82, 2.24) is 19.7 Å². The molecule has 0 bridgehead atoms. The van der Waals surface area contributed by atoms with E-state index >= 15 is 0 Å². The lowest BCUT2D eigenvalue weighted by molar-refractivity contribution is -0.113. The van der Waals surface area contributed by atoms with E-state index in [4.69, 9.17) is 4.74 Å². The fourth-order valence-corrected chi connectivity index (χ4v) is 4.95. The Balaban J connectivity index is 1.37. The quantitative estimate of drug-likeness (QED) is 0.508. The van der Waals surface area contributed by atoms with E-state index in [0.29, 0.717) is 6.54 Å². The van der Waals surface area contributed by atoms with Gasteiger partial charge in [0.15, 0.2) is 5.16 Å². The Kier molecular flexibility index (Phi) is 7.80. The summed E-state index contributed by atoms with van der Waals surface area (Å²) >= 11 is 1.41. The first-order chi connectivity index (χ1) is 16.0. The Hall–Kier alpha value is -2.68. The van der Waals surface area contributed by atoms with Gasteiger partial charge in [0.05, 0.1) is 24.5 Å². The van der Waals surface area contributed by atoms with E-state index < -0.39 is 0 Å². The molecule has 1 aliphatic rings. The van der Waals surface area contributed by atoms with Crippen LogP contribution in [0.4, 0.5) is 5.69 Å². The Labute approximate surface area is 199 Å². The second-order valence-electron chi connectivity index (χ2n) is 8.55. The molecule has 0 aliphatic carbocycles. The number of carbonyl (C=O) groups excluding carboxylic acids is 1. The van der Waals surface area contributed by atoms with Crippen LogP contribution >= 0.6 is 11.8 Å². The van der Waals surface area contributed by atoms with Gasteiger partial charge in [-0.3, -0.25) is 9.69 Å². The van der Waals surface area contributed by atoms with Crippen LogP contribution in [0.3, 0.4) is 0 Å². The van der Waals surface area contributed by atoms with Crippen molar-refractivity contribution in [3.05, 3.63) is 71.5 Å². The van der Waals surface area contributed by atoms with Crippen LogP contribution in [0.15, 0.2) is 59.8 Å². The predicted molar refractivity (Wildman–Crippen MR) is 131 cm³/mol. The zero-order chi connectivity index (χ0) is 23.2. The number of aryl methyl sites for hydroxylation is 1. The maximum absolute atomic E-state index is 12.8. The van der Waals surface area contributed by atoms with E-state index in [-0.39, 0.29) is 23.9 Å². The Bertz CT molecular complexity index is 1060. The third-order valence-electron chi connectivity index (χ3n) is 5.60. The van der Waals surface area contributed by atoms with Crippen molar-refractivity contribution < 1.29 is 9.53 Å². The Morgan fingerprint density at radius 3 is 2.48 bits per heavy atom. The standard InChI is InChI=1S/C25H31N5O2S/c1-18-13-29(14-19(2)32-18)16-22-11-7-8-12-23(22)26-24(31)17-33-25-28-27-20(3)30(25)15-21-9-5-4-6-10-21/h4-12,18-19H,13-17H2,1-3H3,(H,26,31). The van der Waals surface area contributed by atoms with Crippen molar-refractivity contribution in [3.63, 3.8) is 0 Å². The number of morpholine rings is 1. The lowest BCUT2D eigenvalue weighted by Crippen LogP contribution is -2.44. The highest BCUT2D eigenvalue weighted by Gasteiger charge is 2.23. The molecule has 2 aromatic carbocycles. The smallest absolute Gasteiger partial charge is 0.234 e. The Morgan fingerprint density at radius 2 is 1.73 bits per heavy atom. The number of aromatic nitrogens is 3. The number of nitrogens with one attached hydrogen (secondary N) is 1. The van der Waals surface area contributed by atoms with Crippen LogP contribution in [0.1, 0.15) is 30.8 Å². The molecule has 174 valence electrons. The molecule has 1 aromatic heterocycles. The molecule has 1 saturated heterocycles. The molecule has 0 saturated carbocycles. The van der Waals surface area contributed by atoms with Crippen LogP contribution in [0.2, 0.25) is 0 Å². The van der Waals surface area contributed by atoms with Crippen molar-refractivity contribution >= 4 is 23.4 Å². The van der Waals surface area contributed by atoms with Gasteiger partial charge in [-0.1, -0.05) is 60.3 Å². The molecule has 1 amide bonds. The minimum atomic E-state index is -0.0527. The fraction of sp³-hybridized carbons (Fsp3) is 0.400. The fourth-order valence-electron chi connectivity index (χ4n) is 4.17. The summed E-state index contributed by atoms with van der Waals surface area (Å²) in [6.45, 7) is 9.38. The van der Waals surface area contributed by atoms with Gasteiger partial charge >= 0.3 is 0 Å². The van der Waals surface area contributed by atoms with E-state index in [1.54, 1.807) is 0 Å². The number of hydrogen-bond acceptors (Lipinski definition) is 6. The van der Waals surface area contributed by atoms with Crippen molar-refractivity contribution in [2.24, 2.45) is 0 Å². The molecule has 4 rings (SSSR count). The van der Waals surface area contributed by atoms with Crippen LogP contribution < -0.4 is 5.32 Å². The van der Waals surface area contributed by atoms with Crippen LogP contribution in [-0.2, 0) is 22.6 Å². The molecule has 1 aliphatic heterocycles. The number of carbonyl (C=O) groups is 1. The number of hydrogen-bond donors (Lipinski definition) is 1. The zero-order valence-electron chi connectivity index (χ0n) is 19.4. The average molecular weight is 466 g/mol. The number of para-hydroxylation sites is 1. The van der Waals surface area contributed by atoms with Crippen molar-refractivity contribution in [2.45, 2.75) is 51.2 Å². The molecular formula is C25H31N5O2S. The lowest BCUT2D eigenvalue weighted by atomic mass is 10.1. The summed E-state index contributed by atoms with van der Waals surface area (Å²) in [4.78, 5) is 15.2. The van der Waals surface area contributed by atoms with Crippen molar-refractivity contribution in [3.8, 4) is 0 Å². The summed E-state index contributed by atoms with van der Waals surface area (Å²) in [5.74, 6) is 1.05. The second-order valence-corrected chi connectivity index (χ2v) is 9.49. The maximum atomic E-state index is 12.8. The summed E-state index contributed by atoms with van der Waals surface area (Å²) in [5, 5.41) is 12.3. The molecule has 1 fully saturated rings. The summed E-state index contributed by atoms with van der Waals surface area (Å²) in [5.41, 5.74) is 3.14. The first-order valence-electron chi connectivity index (χ1n) is 11.3. The van der Waals surface area contributed by atoms with Gasteiger partial charge in [0.1, 0.15) is 5.82 Å². The molecule has 33 heavy (non-hydrogen) atoms. The lowest BCUT2D eigenvalue weighted by Gasteiger charge is -2.35. The van der Waals surface area contributed by atoms with E-state index in [1.807, 2.05) is 47.9 Å². The predicted octanol–water partition coefficient (Wildman–Crippen LogP) is 3.97. The van der Waals surface area contributed by atoms with Crippen LogP contribution in [0.5, 0.6) is 0 Å². The molecule has 8 heteroatoms. The van der Waals surface area contributed by atoms with E-state index in [1.165, 1.54) is 17.3 Å². The normalized spacial score (nSPS) is 18.9. The monoisotopic (exact) mass is 465 g/mol. The molecule has 0 radical (unpaired) electrons. The molecule has 2 heterocycles. The number of benzene rings is 2. The first kappa shape index (κ1) is 23.5. The molecule has 3 aromatic rings. The first-order valence-corrected chi connectivity index (χ1v) is 12.3. The highest BCUT2D eigenvalue weighted by Crippen LogP contribution is 2.22. The van der Waals surface area contributed by atoms with Gasteiger partial charge in [0, 0.05) is 25.3 Å². The minimum absolute atomic E-state index is 0.0527. The number of thioether (sulfide) groups is 1. The number of ether oxygens (including phenoxy) is 1. The summed E-state index contributed by atoms with van der Waals surface area (Å²) in [6.07, 6.45) is 0.423. The number of anilines is 1. The molecule has 1 N–H and O–H groups in total. The molecule has 2 unspecified atom stereocenters. The van der Waals surface area contributed by atoms with Crippen LogP contribution in [-0.4, -0.2) is 56.6 Å². The highest BCUT2D eigenvalue weighted by atomic mass is 32.2. The minimum Gasteiger partial charge on any atom is -0.373 e. The van der Waals surface area contributed by atoms with Crippen LogP contribution in [0.25, 0.3) is 0 Å². The van der Waals surface area contributed by atoms with Gasteiger partial charge < -0.3 is 14.6 Å². The average Bonchev–Trinajstić information content (AvgIpc) is 3.13. The number of rotatable bonds is 8. The SMILES string of the molecule is Cc1nnc(SCC(=O)Nc2ccccc2CN2CC(C)OC(C)C2)n1Cc1ccccc1. The summed E-state index contributed by atoms with van der Waals surface area (Å²) in [7, 11) is 0. The van der Waals surface area contributed by atoms with Crippen LogP contribution in [0, 0.1) is 6.92 Å². The van der Waals surface area contributed by atoms with E-state index in [0.717, 1.165) is 41.9 Å². The van der Waals surface area contributed by atoms with Crippen molar-refractivity contribution in [1.29, 1.82) is 0 Å². The molecular weight excluding hydrogens is 434 g/mol. The topological polar surface area (TPSA) is 72.3 Å². The summed E-state index contributed by atoms with van der Waals surface area (Å²) < 4.78 is 7.89. The van der Waals surface area contributed by atoms with Gasteiger partial charge in [-0.25, -0.2) is 0 Å². The zero-order valence-corrected chi connectivity index (χ0v) is 20.2. The molecule has 0 spiro atoms. The maximum Gasteiger partial charge on any atom is 0.234 e. The number of nitrogens with zero attached hydrogens (tertiary/aromatic N) is 4. The van der Waals surface area contributed by atoms with Gasteiger partial charge in [0.25, 0.3) is 0 Å². The third kappa shape index (κ3) is 6.43. The number of amides is 1. The highest BCUT2D eigenvalue weighted by molar-refractivity contribution is 7.99. The largest absolute Gasteiger partial charge is 0.373 e. The Morgan fingerprint density at radius 1 is 1.03 bits per heavy atom. The molecule has 2 atom stereocenters. The van der Waals surface area contributed by atoms with Gasteiger partial charge in [-0.2, -0.15) is 0 Å². The van der Waals surface area contributed by atoms with Gasteiger partial charge in [-0.05, 0) is 38.0 Å².